The molecule has 2 aromatic rings. The van der Waals surface area contributed by atoms with Crippen molar-refractivity contribution in [2.75, 3.05) is 0 Å². The maximum atomic E-state index is 12.9. The normalized spacial score (nSPS) is 11.1. The van der Waals surface area contributed by atoms with E-state index in [9.17, 15) is 17.6 Å². The summed E-state index contributed by atoms with van der Waals surface area (Å²) >= 11 is 0. The lowest BCUT2D eigenvalue weighted by molar-refractivity contribution is 0.502. The van der Waals surface area contributed by atoms with Crippen molar-refractivity contribution in [3.8, 4) is 12.1 Å². The van der Waals surface area contributed by atoms with Gasteiger partial charge in [-0.3, -0.25) is 0 Å². The first kappa shape index (κ1) is 20.2. The molecule has 0 radical (unpaired) electrons. The predicted molar refractivity (Wildman–Crippen MR) is 85.2 cm³/mol. The summed E-state index contributed by atoms with van der Waals surface area (Å²) < 4.78 is 50.2. The van der Waals surface area contributed by atoms with E-state index in [1.54, 1.807) is 0 Å². The van der Waals surface area contributed by atoms with Crippen LogP contribution in [-0.4, -0.2) is 0 Å². The molecule has 2 rings (SSSR count). The molecule has 0 amide bonds. The van der Waals surface area contributed by atoms with Crippen molar-refractivity contribution < 1.29 is 17.6 Å². The van der Waals surface area contributed by atoms with Crippen LogP contribution in [0.25, 0.3) is 0 Å². The highest BCUT2D eigenvalue weighted by molar-refractivity contribution is 5.26. The van der Waals surface area contributed by atoms with Gasteiger partial charge in [-0.05, 0) is 41.3 Å². The summed E-state index contributed by atoms with van der Waals surface area (Å²) in [5.41, 5.74) is 1.02. The molecule has 0 fully saturated rings. The maximum Gasteiger partial charge on any atom is 0.159 e. The molecule has 25 heavy (non-hydrogen) atoms. The first-order valence-corrected chi connectivity index (χ1v) is 7.45. The van der Waals surface area contributed by atoms with Crippen molar-refractivity contribution in [1.82, 2.24) is 0 Å². The third-order valence-electron chi connectivity index (χ3n) is 3.38. The highest BCUT2D eigenvalue weighted by Crippen LogP contribution is 2.24. The molecule has 0 aliphatic heterocycles. The minimum Gasteiger partial charge on any atom is -0.204 e. The van der Waals surface area contributed by atoms with Gasteiger partial charge in [-0.1, -0.05) is 26.0 Å². The molecule has 0 aliphatic carbocycles. The summed E-state index contributed by atoms with van der Waals surface area (Å²) in [6.45, 7) is 3.74. The topological polar surface area (TPSA) is 47.6 Å². The molecule has 2 nitrogen and oxygen atoms in total. The summed E-state index contributed by atoms with van der Waals surface area (Å²) in [6, 6.07) is 10.9. The van der Waals surface area contributed by atoms with Gasteiger partial charge in [-0.25, -0.2) is 17.6 Å². The van der Waals surface area contributed by atoms with E-state index in [2.05, 4.69) is 6.07 Å². The zero-order valence-corrected chi connectivity index (χ0v) is 13.7. The van der Waals surface area contributed by atoms with Crippen LogP contribution in [0.15, 0.2) is 36.4 Å². The number of rotatable bonds is 3. The molecular weight excluding hydrogens is 332 g/mol. The average Bonchev–Trinajstić information content (AvgIpc) is 2.55. The first-order chi connectivity index (χ1) is 11.8. The molecule has 0 N–H and O–H groups in total. The van der Waals surface area contributed by atoms with E-state index in [0.29, 0.717) is 11.1 Å². The Labute approximate surface area is 143 Å². The second-order valence-electron chi connectivity index (χ2n) is 5.61. The fourth-order valence-corrected chi connectivity index (χ4v) is 2.06. The molecule has 0 aromatic heterocycles. The van der Waals surface area contributed by atoms with Gasteiger partial charge in [0.1, 0.15) is 0 Å². The van der Waals surface area contributed by atoms with E-state index < -0.39 is 23.3 Å². The highest BCUT2D eigenvalue weighted by atomic mass is 19.2. The van der Waals surface area contributed by atoms with Gasteiger partial charge in [-0.2, -0.15) is 10.5 Å². The minimum absolute atomic E-state index is 0.0878. The van der Waals surface area contributed by atoms with Gasteiger partial charge < -0.3 is 0 Å². The van der Waals surface area contributed by atoms with Crippen molar-refractivity contribution in [2.45, 2.75) is 26.2 Å². The van der Waals surface area contributed by atoms with Crippen molar-refractivity contribution in [2.24, 2.45) is 5.92 Å². The van der Waals surface area contributed by atoms with Crippen LogP contribution in [0.5, 0.6) is 0 Å². The molecule has 0 heterocycles. The van der Waals surface area contributed by atoms with Crippen molar-refractivity contribution >= 4 is 0 Å². The molecule has 0 bridgehead atoms. The lowest BCUT2D eigenvalue weighted by Crippen LogP contribution is -2.04. The Balaban J connectivity index is 0.000000257. The monoisotopic (exact) mass is 348 g/mol. The Morgan fingerprint density at radius 1 is 0.840 bits per heavy atom. The van der Waals surface area contributed by atoms with Gasteiger partial charge in [0.25, 0.3) is 0 Å². The van der Waals surface area contributed by atoms with Crippen molar-refractivity contribution in [3.05, 3.63) is 70.8 Å². The lowest BCUT2D eigenvalue weighted by Gasteiger charge is -2.12. The number of nitrogens with zero attached hydrogens (tertiary/aromatic N) is 2. The van der Waals surface area contributed by atoms with Crippen LogP contribution in [0, 0.1) is 51.8 Å². The Kier molecular flexibility index (Phi) is 7.62. The van der Waals surface area contributed by atoms with E-state index in [1.807, 2.05) is 19.9 Å². The molecule has 0 saturated heterocycles. The van der Waals surface area contributed by atoms with Gasteiger partial charge in [0.2, 0.25) is 0 Å². The molecule has 1 unspecified atom stereocenters. The van der Waals surface area contributed by atoms with E-state index in [1.165, 1.54) is 12.1 Å². The highest BCUT2D eigenvalue weighted by Gasteiger charge is 2.16. The number of hydrogen-bond donors (Lipinski definition) is 0. The second-order valence-corrected chi connectivity index (χ2v) is 5.61. The summed E-state index contributed by atoms with van der Waals surface area (Å²) in [4.78, 5) is 0. The molecule has 6 heteroatoms. The van der Waals surface area contributed by atoms with Crippen LogP contribution in [-0.2, 0) is 6.42 Å². The number of halogens is 4. The smallest absolute Gasteiger partial charge is 0.159 e. The molecule has 2 aromatic carbocycles. The maximum absolute atomic E-state index is 12.9. The first-order valence-electron chi connectivity index (χ1n) is 7.45. The van der Waals surface area contributed by atoms with Gasteiger partial charge in [0.15, 0.2) is 23.3 Å². The van der Waals surface area contributed by atoms with Crippen LogP contribution >= 0.6 is 0 Å². The Bertz CT molecular complexity index is 804. The van der Waals surface area contributed by atoms with Crippen LogP contribution < -0.4 is 0 Å². The lowest BCUT2D eigenvalue weighted by atomic mass is 9.90. The van der Waals surface area contributed by atoms with Crippen LogP contribution in [0.2, 0.25) is 0 Å². The summed E-state index contributed by atoms with van der Waals surface area (Å²) in [6.07, 6.45) is 0.108. The van der Waals surface area contributed by atoms with E-state index in [-0.39, 0.29) is 18.3 Å². The average molecular weight is 348 g/mol. The second kappa shape index (κ2) is 9.44. The van der Waals surface area contributed by atoms with Crippen LogP contribution in [0.4, 0.5) is 17.6 Å². The zero-order chi connectivity index (χ0) is 19.0. The summed E-state index contributed by atoms with van der Waals surface area (Å²) in [5.74, 6) is -3.86. The van der Waals surface area contributed by atoms with Crippen molar-refractivity contribution in [3.63, 3.8) is 0 Å². The van der Waals surface area contributed by atoms with Gasteiger partial charge >= 0.3 is 0 Å². The fraction of sp³-hybridized carbons (Fsp3) is 0.263. The predicted octanol–water partition coefficient (Wildman–Crippen LogP) is 5.26. The number of benzene rings is 2. The SMILES string of the molecule is CC(C)C(C#N)c1ccc(F)c(F)c1.N#CCc1ccc(F)c(F)c1. The molecule has 130 valence electrons. The standard InChI is InChI=1S/C11H11F2N.C8H5F2N/c1-7(2)9(6-14)8-3-4-10(12)11(13)5-8;9-7-2-1-6(3-4-11)5-8(7)10/h3-5,7,9H,1-2H3;1-2,5H,3H2. The number of hydrogen-bond acceptors (Lipinski definition) is 2. The zero-order valence-electron chi connectivity index (χ0n) is 13.7. The van der Waals surface area contributed by atoms with E-state index in [0.717, 1.165) is 24.3 Å². The Morgan fingerprint density at radius 3 is 1.84 bits per heavy atom. The molecule has 1 atom stereocenters. The van der Waals surface area contributed by atoms with Crippen molar-refractivity contribution in [1.29, 1.82) is 10.5 Å². The van der Waals surface area contributed by atoms with Gasteiger partial charge in [-0.15, -0.1) is 0 Å². The third-order valence-corrected chi connectivity index (χ3v) is 3.38. The van der Waals surface area contributed by atoms with Crippen LogP contribution in [0.3, 0.4) is 0 Å². The third kappa shape index (κ3) is 5.93. The quantitative estimate of drug-likeness (QED) is 0.711. The number of nitriles is 2. The van der Waals surface area contributed by atoms with E-state index in [4.69, 9.17) is 10.5 Å². The van der Waals surface area contributed by atoms with Gasteiger partial charge in [0.05, 0.1) is 24.5 Å². The minimum atomic E-state index is -0.905. The molecule has 0 aliphatic rings. The Morgan fingerprint density at radius 2 is 1.40 bits per heavy atom. The summed E-state index contributed by atoms with van der Waals surface area (Å²) in [5, 5.41) is 17.1. The molecular formula is C19H16F4N2. The fourth-order valence-electron chi connectivity index (χ4n) is 2.06. The molecule has 0 saturated carbocycles. The summed E-state index contributed by atoms with van der Waals surface area (Å²) in [7, 11) is 0. The van der Waals surface area contributed by atoms with Crippen LogP contribution in [0.1, 0.15) is 30.9 Å². The Hall–Kier alpha value is -2.86. The van der Waals surface area contributed by atoms with Gasteiger partial charge in [0, 0.05) is 0 Å². The van der Waals surface area contributed by atoms with E-state index >= 15 is 0 Å². The molecule has 0 spiro atoms. The largest absolute Gasteiger partial charge is 0.204 e.